The van der Waals surface area contributed by atoms with Gasteiger partial charge in [-0.25, -0.2) is 13.1 Å². The molecule has 26 heavy (non-hydrogen) atoms. The first-order chi connectivity index (χ1) is 12.5. The number of rotatable bonds is 5. The number of benzene rings is 2. The predicted molar refractivity (Wildman–Crippen MR) is 98.3 cm³/mol. The minimum Gasteiger partial charge on any atom is -0.378 e. The highest BCUT2D eigenvalue weighted by molar-refractivity contribution is 7.89. The summed E-state index contributed by atoms with van der Waals surface area (Å²) in [6, 6.07) is 15.1. The second kappa shape index (κ2) is 7.99. The fourth-order valence-electron chi connectivity index (χ4n) is 2.86. The summed E-state index contributed by atoms with van der Waals surface area (Å²) < 4.78 is 33.3. The summed E-state index contributed by atoms with van der Waals surface area (Å²) in [6.45, 7) is 3.81. The maximum atomic E-state index is 12.7. The lowest BCUT2D eigenvalue weighted by molar-refractivity contribution is 0.0302. The summed E-state index contributed by atoms with van der Waals surface area (Å²) >= 11 is 0. The highest BCUT2D eigenvalue weighted by atomic mass is 32.2. The van der Waals surface area contributed by atoms with Crippen LogP contribution in [0.3, 0.4) is 0 Å². The van der Waals surface area contributed by atoms with Crippen molar-refractivity contribution in [3.8, 4) is 0 Å². The molecule has 2 aromatic carbocycles. The highest BCUT2D eigenvalue weighted by Gasteiger charge is 2.22. The molecule has 0 spiro atoms. The molecule has 1 saturated heterocycles. The van der Waals surface area contributed by atoms with Crippen molar-refractivity contribution in [2.24, 2.45) is 0 Å². The van der Waals surface area contributed by atoms with E-state index in [1.54, 1.807) is 24.0 Å². The third kappa shape index (κ3) is 4.30. The van der Waals surface area contributed by atoms with Gasteiger partial charge in [0.2, 0.25) is 10.0 Å². The molecule has 1 atom stereocenters. The molecule has 0 bridgehead atoms. The monoisotopic (exact) mass is 374 g/mol. The van der Waals surface area contributed by atoms with Crippen molar-refractivity contribution < 1.29 is 17.9 Å². The van der Waals surface area contributed by atoms with E-state index >= 15 is 0 Å². The van der Waals surface area contributed by atoms with E-state index in [1.165, 1.54) is 12.1 Å². The molecule has 2 aromatic rings. The molecule has 3 rings (SSSR count). The average molecular weight is 374 g/mol. The van der Waals surface area contributed by atoms with Gasteiger partial charge in [0.05, 0.1) is 18.1 Å². The molecule has 1 amide bonds. The van der Waals surface area contributed by atoms with Gasteiger partial charge >= 0.3 is 0 Å². The minimum atomic E-state index is -3.74. The van der Waals surface area contributed by atoms with Crippen LogP contribution in [0.2, 0.25) is 0 Å². The number of sulfonamides is 1. The Morgan fingerprint density at radius 1 is 1.08 bits per heavy atom. The zero-order valence-corrected chi connectivity index (χ0v) is 15.4. The minimum absolute atomic E-state index is 0.0828. The number of morpholine rings is 1. The molecular weight excluding hydrogens is 352 g/mol. The zero-order chi connectivity index (χ0) is 18.6. The van der Waals surface area contributed by atoms with Crippen LogP contribution >= 0.6 is 0 Å². The summed E-state index contributed by atoms with van der Waals surface area (Å²) in [5.41, 5.74) is 1.23. The first kappa shape index (κ1) is 18.6. The topological polar surface area (TPSA) is 75.7 Å². The maximum absolute atomic E-state index is 12.7. The number of hydrogen-bond acceptors (Lipinski definition) is 4. The van der Waals surface area contributed by atoms with Gasteiger partial charge in [-0.15, -0.1) is 0 Å². The highest BCUT2D eigenvalue weighted by Crippen LogP contribution is 2.18. The van der Waals surface area contributed by atoms with Crippen LogP contribution in [0.1, 0.15) is 28.9 Å². The molecule has 0 radical (unpaired) electrons. The smallest absolute Gasteiger partial charge is 0.254 e. The number of ether oxygens (including phenoxy) is 1. The van der Waals surface area contributed by atoms with Crippen molar-refractivity contribution in [2.75, 3.05) is 26.3 Å². The Morgan fingerprint density at radius 2 is 1.77 bits per heavy atom. The van der Waals surface area contributed by atoms with Gasteiger partial charge in [0.1, 0.15) is 0 Å². The first-order valence-electron chi connectivity index (χ1n) is 8.52. The van der Waals surface area contributed by atoms with Crippen LogP contribution < -0.4 is 4.72 Å². The molecule has 1 aliphatic heterocycles. The van der Waals surface area contributed by atoms with Gasteiger partial charge in [-0.05, 0) is 30.7 Å². The van der Waals surface area contributed by atoms with Crippen LogP contribution in [-0.2, 0) is 14.8 Å². The fourth-order valence-corrected chi connectivity index (χ4v) is 4.13. The number of nitrogens with one attached hydrogen (secondary N) is 1. The lowest BCUT2D eigenvalue weighted by Gasteiger charge is -2.27. The molecule has 6 nitrogen and oxygen atoms in total. The van der Waals surface area contributed by atoms with Crippen LogP contribution in [0.25, 0.3) is 0 Å². The standard InChI is InChI=1S/C19H22N2O4S/c1-15(16-6-3-2-4-7-16)20-26(23,24)18-9-5-8-17(14-18)19(22)21-10-12-25-13-11-21/h2-9,14-15,20H,10-13H2,1H3. The van der Waals surface area contributed by atoms with E-state index in [0.717, 1.165) is 5.56 Å². The van der Waals surface area contributed by atoms with Gasteiger partial charge in [0.25, 0.3) is 5.91 Å². The van der Waals surface area contributed by atoms with Crippen LogP contribution in [0, 0.1) is 0 Å². The molecule has 1 aliphatic rings. The molecule has 138 valence electrons. The van der Waals surface area contributed by atoms with Crippen LogP contribution in [0.15, 0.2) is 59.5 Å². The SMILES string of the molecule is CC(NS(=O)(=O)c1cccc(C(=O)N2CCOCC2)c1)c1ccccc1. The Kier molecular flexibility index (Phi) is 5.70. The van der Waals surface area contributed by atoms with E-state index in [0.29, 0.717) is 31.9 Å². The third-order valence-electron chi connectivity index (χ3n) is 4.32. The van der Waals surface area contributed by atoms with Crippen molar-refractivity contribution in [3.05, 3.63) is 65.7 Å². The van der Waals surface area contributed by atoms with E-state index in [9.17, 15) is 13.2 Å². The molecule has 0 aliphatic carbocycles. The van der Waals surface area contributed by atoms with Crippen LogP contribution in [0.4, 0.5) is 0 Å². The van der Waals surface area contributed by atoms with Crippen molar-refractivity contribution in [3.63, 3.8) is 0 Å². The summed E-state index contributed by atoms with van der Waals surface area (Å²) in [6.07, 6.45) is 0. The van der Waals surface area contributed by atoms with Crippen molar-refractivity contribution in [1.29, 1.82) is 0 Å². The molecule has 0 aromatic heterocycles. The summed E-state index contributed by atoms with van der Waals surface area (Å²) in [5, 5.41) is 0. The van der Waals surface area contributed by atoms with Gasteiger partial charge in [-0.1, -0.05) is 36.4 Å². The molecule has 7 heteroatoms. The van der Waals surface area contributed by atoms with E-state index in [-0.39, 0.29) is 16.8 Å². The largest absolute Gasteiger partial charge is 0.378 e. The molecule has 1 fully saturated rings. The number of nitrogens with zero attached hydrogens (tertiary/aromatic N) is 1. The van der Waals surface area contributed by atoms with Crippen molar-refractivity contribution in [2.45, 2.75) is 17.9 Å². The Morgan fingerprint density at radius 3 is 2.46 bits per heavy atom. The average Bonchev–Trinajstić information content (AvgIpc) is 2.68. The van der Waals surface area contributed by atoms with Gasteiger partial charge in [-0.2, -0.15) is 0 Å². The molecular formula is C19H22N2O4S. The Labute approximate surface area is 153 Å². The number of carbonyl (C=O) groups excluding carboxylic acids is 1. The Bertz CT molecular complexity index is 862. The van der Waals surface area contributed by atoms with Gasteiger partial charge in [0, 0.05) is 24.7 Å². The van der Waals surface area contributed by atoms with Crippen molar-refractivity contribution >= 4 is 15.9 Å². The van der Waals surface area contributed by atoms with Crippen LogP contribution in [0.5, 0.6) is 0 Å². The number of carbonyl (C=O) groups is 1. The fraction of sp³-hybridized carbons (Fsp3) is 0.316. The van der Waals surface area contributed by atoms with E-state index < -0.39 is 10.0 Å². The van der Waals surface area contributed by atoms with E-state index in [4.69, 9.17) is 4.74 Å². The van der Waals surface area contributed by atoms with Gasteiger partial charge < -0.3 is 9.64 Å². The van der Waals surface area contributed by atoms with Gasteiger partial charge in [0.15, 0.2) is 0 Å². The predicted octanol–water partition coefficient (Wildman–Crippen LogP) is 2.20. The summed E-state index contributed by atoms with van der Waals surface area (Å²) in [4.78, 5) is 14.3. The van der Waals surface area contributed by atoms with Crippen LogP contribution in [-0.4, -0.2) is 45.5 Å². The Hall–Kier alpha value is -2.22. The first-order valence-corrected chi connectivity index (χ1v) is 10.00. The quantitative estimate of drug-likeness (QED) is 0.871. The van der Waals surface area contributed by atoms with E-state index in [2.05, 4.69) is 4.72 Å². The van der Waals surface area contributed by atoms with Crippen molar-refractivity contribution in [1.82, 2.24) is 9.62 Å². The lowest BCUT2D eigenvalue weighted by atomic mass is 10.1. The zero-order valence-electron chi connectivity index (χ0n) is 14.6. The summed E-state index contributed by atoms with van der Waals surface area (Å²) in [7, 11) is -3.74. The van der Waals surface area contributed by atoms with Gasteiger partial charge in [-0.3, -0.25) is 4.79 Å². The summed E-state index contributed by atoms with van der Waals surface area (Å²) in [5.74, 6) is -0.179. The maximum Gasteiger partial charge on any atom is 0.254 e. The molecule has 1 heterocycles. The lowest BCUT2D eigenvalue weighted by Crippen LogP contribution is -2.40. The number of amides is 1. The second-order valence-electron chi connectivity index (χ2n) is 6.19. The normalized spacial score (nSPS) is 16.3. The van der Waals surface area contributed by atoms with E-state index in [1.807, 2.05) is 30.3 Å². The number of hydrogen-bond donors (Lipinski definition) is 1. The second-order valence-corrected chi connectivity index (χ2v) is 7.90. The Balaban J connectivity index is 1.78. The molecule has 0 saturated carbocycles. The third-order valence-corrected chi connectivity index (χ3v) is 5.86. The molecule has 1 unspecified atom stereocenters. The molecule has 1 N–H and O–H groups in total.